The number of hydrogen-bond donors (Lipinski definition) is 3. The van der Waals surface area contributed by atoms with E-state index in [1.54, 1.807) is 39.8 Å². The molecular weight excluding hydrogens is 302 g/mol. The van der Waals surface area contributed by atoms with Gasteiger partial charge in [-0.15, -0.1) is 0 Å². The molecule has 8 heteroatoms. The molecular formula is C15H21N3O5. The molecule has 0 fully saturated rings. The standard InChI is InChI=1S/C15H21N3O5/c1-9-7-11(5-6-12(9)18(22)23)15(3,4)17-14(21)16-10(2)8-13(19)20/h5-7,10H,8H2,1-4H3,(H,19,20)(H2,16,17,21). The van der Waals surface area contributed by atoms with Crippen LogP contribution in [-0.4, -0.2) is 28.1 Å². The van der Waals surface area contributed by atoms with Gasteiger partial charge < -0.3 is 15.7 Å². The molecule has 1 atom stereocenters. The second-order valence-corrected chi connectivity index (χ2v) is 5.98. The summed E-state index contributed by atoms with van der Waals surface area (Å²) in [6, 6.07) is 3.63. The molecule has 0 aromatic heterocycles. The molecule has 1 rings (SSSR count). The van der Waals surface area contributed by atoms with Gasteiger partial charge in [-0.1, -0.05) is 0 Å². The number of hydrogen-bond acceptors (Lipinski definition) is 4. The highest BCUT2D eigenvalue weighted by Crippen LogP contribution is 2.26. The van der Waals surface area contributed by atoms with Crippen LogP contribution in [0.2, 0.25) is 0 Å². The summed E-state index contributed by atoms with van der Waals surface area (Å²) >= 11 is 0. The summed E-state index contributed by atoms with van der Waals surface area (Å²) < 4.78 is 0. The molecule has 126 valence electrons. The number of carboxylic acids is 1. The first-order valence-corrected chi connectivity index (χ1v) is 7.09. The normalized spacial score (nSPS) is 12.3. The Morgan fingerprint density at radius 2 is 2.00 bits per heavy atom. The molecule has 1 aromatic rings. The maximum absolute atomic E-state index is 12.0. The first-order chi connectivity index (χ1) is 10.5. The minimum atomic E-state index is -0.997. The van der Waals surface area contributed by atoms with Crippen LogP contribution in [0.4, 0.5) is 10.5 Å². The molecule has 0 spiro atoms. The lowest BCUT2D eigenvalue weighted by atomic mass is 9.92. The van der Waals surface area contributed by atoms with Crippen LogP contribution in [0.5, 0.6) is 0 Å². The predicted molar refractivity (Wildman–Crippen MR) is 84.2 cm³/mol. The van der Waals surface area contributed by atoms with Gasteiger partial charge in [0.15, 0.2) is 0 Å². The number of carboxylic acid groups (broad SMARTS) is 1. The SMILES string of the molecule is Cc1cc(C(C)(C)NC(=O)NC(C)CC(=O)O)ccc1[N+](=O)[O-]. The number of carbonyl (C=O) groups is 2. The van der Waals surface area contributed by atoms with Gasteiger partial charge in [0.05, 0.1) is 16.9 Å². The highest BCUT2D eigenvalue weighted by Gasteiger charge is 2.25. The van der Waals surface area contributed by atoms with Crippen LogP contribution in [0.15, 0.2) is 18.2 Å². The van der Waals surface area contributed by atoms with Crippen molar-refractivity contribution in [3.05, 3.63) is 39.4 Å². The third-order valence-electron chi connectivity index (χ3n) is 3.40. The second-order valence-electron chi connectivity index (χ2n) is 5.98. The number of nitrogens with zero attached hydrogens (tertiary/aromatic N) is 1. The van der Waals surface area contributed by atoms with Crippen molar-refractivity contribution >= 4 is 17.7 Å². The monoisotopic (exact) mass is 323 g/mol. The molecule has 0 bridgehead atoms. The van der Waals surface area contributed by atoms with E-state index < -0.39 is 28.5 Å². The molecule has 0 aliphatic carbocycles. The molecule has 0 saturated carbocycles. The first-order valence-electron chi connectivity index (χ1n) is 7.09. The Balaban J connectivity index is 2.82. The summed E-state index contributed by atoms with van der Waals surface area (Å²) in [5.41, 5.74) is 0.458. The third-order valence-corrected chi connectivity index (χ3v) is 3.40. The van der Waals surface area contributed by atoms with E-state index >= 15 is 0 Å². The van der Waals surface area contributed by atoms with Crippen molar-refractivity contribution in [2.45, 2.75) is 45.7 Å². The van der Waals surface area contributed by atoms with E-state index in [4.69, 9.17) is 5.11 Å². The summed E-state index contributed by atoms with van der Waals surface area (Å²) in [4.78, 5) is 32.9. The Bertz CT molecular complexity index is 628. The molecule has 0 heterocycles. The Morgan fingerprint density at radius 1 is 1.39 bits per heavy atom. The largest absolute Gasteiger partial charge is 0.481 e. The molecule has 0 saturated heterocycles. The van der Waals surface area contributed by atoms with E-state index in [-0.39, 0.29) is 12.1 Å². The highest BCUT2D eigenvalue weighted by molar-refractivity contribution is 5.76. The van der Waals surface area contributed by atoms with Crippen molar-refractivity contribution < 1.29 is 19.6 Å². The third kappa shape index (κ3) is 5.24. The number of rotatable bonds is 6. The summed E-state index contributed by atoms with van der Waals surface area (Å²) in [5.74, 6) is -0.997. The van der Waals surface area contributed by atoms with Crippen LogP contribution >= 0.6 is 0 Å². The Hall–Kier alpha value is -2.64. The average molecular weight is 323 g/mol. The van der Waals surface area contributed by atoms with Crippen LogP contribution in [0, 0.1) is 17.0 Å². The lowest BCUT2D eigenvalue weighted by molar-refractivity contribution is -0.385. The van der Waals surface area contributed by atoms with Gasteiger partial charge in [0.25, 0.3) is 5.69 Å². The minimum Gasteiger partial charge on any atom is -0.481 e. The number of urea groups is 1. The van der Waals surface area contributed by atoms with Crippen molar-refractivity contribution in [1.82, 2.24) is 10.6 Å². The van der Waals surface area contributed by atoms with Crippen molar-refractivity contribution in [2.24, 2.45) is 0 Å². The number of benzene rings is 1. The zero-order valence-corrected chi connectivity index (χ0v) is 13.5. The lowest BCUT2D eigenvalue weighted by Gasteiger charge is -2.28. The Kier molecular flexibility index (Phi) is 5.67. The number of nitro benzene ring substituents is 1. The molecule has 0 aliphatic heterocycles. The van der Waals surface area contributed by atoms with Gasteiger partial charge in [-0.3, -0.25) is 14.9 Å². The van der Waals surface area contributed by atoms with Crippen molar-refractivity contribution in [2.75, 3.05) is 0 Å². The van der Waals surface area contributed by atoms with E-state index in [0.717, 1.165) is 0 Å². The van der Waals surface area contributed by atoms with Gasteiger partial charge in [-0.25, -0.2) is 4.79 Å². The van der Waals surface area contributed by atoms with E-state index in [1.807, 2.05) is 0 Å². The van der Waals surface area contributed by atoms with Gasteiger partial charge in [0, 0.05) is 17.7 Å². The quantitative estimate of drug-likeness (QED) is 0.548. The van der Waals surface area contributed by atoms with Gasteiger partial charge in [-0.05, 0) is 45.4 Å². The molecule has 0 aliphatic rings. The van der Waals surface area contributed by atoms with Crippen LogP contribution in [-0.2, 0) is 10.3 Å². The predicted octanol–water partition coefficient (Wildman–Crippen LogP) is 2.30. The molecule has 0 radical (unpaired) electrons. The van der Waals surface area contributed by atoms with Crippen LogP contribution in [0.25, 0.3) is 0 Å². The maximum Gasteiger partial charge on any atom is 0.315 e. The van der Waals surface area contributed by atoms with Gasteiger partial charge >= 0.3 is 12.0 Å². The number of carbonyl (C=O) groups excluding carboxylic acids is 1. The molecule has 3 N–H and O–H groups in total. The van der Waals surface area contributed by atoms with E-state index in [9.17, 15) is 19.7 Å². The molecule has 1 unspecified atom stereocenters. The zero-order chi connectivity index (χ0) is 17.8. The summed E-state index contributed by atoms with van der Waals surface area (Å²) in [6.45, 7) is 6.74. The van der Waals surface area contributed by atoms with Crippen molar-refractivity contribution in [3.63, 3.8) is 0 Å². The summed E-state index contributed by atoms with van der Waals surface area (Å²) in [7, 11) is 0. The van der Waals surface area contributed by atoms with Crippen molar-refractivity contribution in [3.8, 4) is 0 Å². The summed E-state index contributed by atoms with van der Waals surface area (Å²) in [6.07, 6.45) is -0.176. The molecule has 8 nitrogen and oxygen atoms in total. The average Bonchev–Trinajstić information content (AvgIpc) is 2.35. The summed E-state index contributed by atoms with van der Waals surface area (Å²) in [5, 5.41) is 24.8. The van der Waals surface area contributed by atoms with E-state index in [1.165, 1.54) is 6.07 Å². The maximum atomic E-state index is 12.0. The zero-order valence-electron chi connectivity index (χ0n) is 13.5. The number of nitrogens with one attached hydrogen (secondary N) is 2. The fourth-order valence-electron chi connectivity index (χ4n) is 2.18. The molecule has 23 heavy (non-hydrogen) atoms. The van der Waals surface area contributed by atoms with E-state index in [2.05, 4.69) is 10.6 Å². The fourth-order valence-corrected chi connectivity index (χ4v) is 2.18. The smallest absolute Gasteiger partial charge is 0.315 e. The first kappa shape index (κ1) is 18.4. The highest BCUT2D eigenvalue weighted by atomic mass is 16.6. The molecule has 2 amide bonds. The van der Waals surface area contributed by atoms with Gasteiger partial charge in [0.2, 0.25) is 0 Å². The van der Waals surface area contributed by atoms with Crippen LogP contribution < -0.4 is 10.6 Å². The minimum absolute atomic E-state index is 0.0177. The molecule has 1 aromatic carbocycles. The number of aliphatic carboxylic acids is 1. The van der Waals surface area contributed by atoms with Crippen molar-refractivity contribution in [1.29, 1.82) is 0 Å². The fraction of sp³-hybridized carbons (Fsp3) is 0.467. The topological polar surface area (TPSA) is 122 Å². The van der Waals surface area contributed by atoms with Gasteiger partial charge in [0.1, 0.15) is 0 Å². The number of aryl methyl sites for hydroxylation is 1. The van der Waals surface area contributed by atoms with Crippen LogP contribution in [0.3, 0.4) is 0 Å². The van der Waals surface area contributed by atoms with Gasteiger partial charge in [-0.2, -0.15) is 0 Å². The Morgan fingerprint density at radius 3 is 2.48 bits per heavy atom. The number of nitro groups is 1. The van der Waals surface area contributed by atoms with Crippen LogP contribution in [0.1, 0.15) is 38.3 Å². The number of amides is 2. The Labute approximate surface area is 134 Å². The van der Waals surface area contributed by atoms with E-state index in [0.29, 0.717) is 11.1 Å². The second kappa shape index (κ2) is 7.08. The lowest BCUT2D eigenvalue weighted by Crippen LogP contribution is -2.49.